The van der Waals surface area contributed by atoms with Gasteiger partial charge < -0.3 is 9.30 Å². The molecule has 0 radical (unpaired) electrons. The molecule has 0 aliphatic heterocycles. The lowest BCUT2D eigenvalue weighted by Crippen LogP contribution is -2.07. The van der Waals surface area contributed by atoms with E-state index in [1.165, 1.54) is 35.8 Å². The maximum Gasteiger partial charge on any atom is 0.214 e. The molecule has 0 saturated carbocycles. The Balaban J connectivity index is 1.25. The van der Waals surface area contributed by atoms with E-state index in [1.54, 1.807) is 12.3 Å². The van der Waals surface area contributed by atoms with Crippen LogP contribution in [0.15, 0.2) is 79.0 Å². The number of nitrogens with zero attached hydrogens (tertiary/aromatic N) is 6. The van der Waals surface area contributed by atoms with Crippen LogP contribution in [-0.4, -0.2) is 24.1 Å². The predicted octanol–water partition coefficient (Wildman–Crippen LogP) is 6.46. The van der Waals surface area contributed by atoms with Crippen molar-refractivity contribution in [3.63, 3.8) is 0 Å². The third kappa shape index (κ3) is 5.50. The Morgan fingerprint density at radius 3 is 2.54 bits per heavy atom. The van der Waals surface area contributed by atoms with E-state index in [1.807, 2.05) is 34.9 Å². The van der Waals surface area contributed by atoms with Gasteiger partial charge in [-0.15, -0.1) is 5.10 Å². The van der Waals surface area contributed by atoms with Gasteiger partial charge in [0.05, 0.1) is 46.0 Å². The first-order valence-electron chi connectivity index (χ1n) is 12.5. The Morgan fingerprint density at radius 1 is 0.878 bits per heavy atom. The highest BCUT2D eigenvalue weighted by Gasteiger charge is 2.18. The van der Waals surface area contributed by atoms with Gasteiger partial charge in [-0.05, 0) is 59.6 Å². The number of hydrogen-bond acceptors (Lipinski definition) is 7. The maximum absolute atomic E-state index is 15.4. The molecule has 0 spiro atoms. The van der Waals surface area contributed by atoms with Gasteiger partial charge >= 0.3 is 0 Å². The minimum atomic E-state index is -0.654. The normalized spacial score (nSPS) is 11.1. The van der Waals surface area contributed by atoms with Crippen molar-refractivity contribution in [1.82, 2.24) is 24.1 Å². The molecular weight excluding hydrogens is 549 g/mol. The highest BCUT2D eigenvalue weighted by molar-refractivity contribution is 7.05. The van der Waals surface area contributed by atoms with E-state index in [2.05, 4.69) is 19.6 Å². The topological polar surface area (TPSA) is 89.5 Å². The highest BCUT2D eigenvalue weighted by Crippen LogP contribution is 2.28. The Kier molecular flexibility index (Phi) is 7.14. The van der Waals surface area contributed by atoms with Crippen molar-refractivity contribution < 1.29 is 17.9 Å². The van der Waals surface area contributed by atoms with E-state index < -0.39 is 17.5 Å². The first-order chi connectivity index (χ1) is 20.0. The number of ether oxygens (including phenoxy) is 1. The molecule has 0 N–H and O–H groups in total. The Hall–Kier alpha value is -5.08. The van der Waals surface area contributed by atoms with Crippen molar-refractivity contribution in [2.24, 2.45) is 0 Å². The number of hydrogen-bond donors (Lipinski definition) is 0. The number of rotatable bonds is 8. The van der Waals surface area contributed by atoms with Crippen molar-refractivity contribution >= 4 is 22.6 Å². The molecule has 0 aliphatic rings. The lowest BCUT2D eigenvalue weighted by Gasteiger charge is -2.11. The zero-order chi connectivity index (χ0) is 28.3. The molecule has 0 unspecified atom stereocenters. The minimum Gasteiger partial charge on any atom is -0.473 e. The summed E-state index contributed by atoms with van der Waals surface area (Å²) in [7, 11) is 0. The first-order valence-corrected chi connectivity index (χ1v) is 13.2. The van der Waals surface area contributed by atoms with E-state index >= 15 is 8.78 Å². The zero-order valence-electron chi connectivity index (χ0n) is 21.3. The monoisotopic (exact) mass is 568 g/mol. The summed E-state index contributed by atoms with van der Waals surface area (Å²) in [6, 6.07) is 20.4. The summed E-state index contributed by atoms with van der Waals surface area (Å²) in [6.07, 6.45) is 1.74. The second kappa shape index (κ2) is 11.2. The number of benzene rings is 3. The van der Waals surface area contributed by atoms with Gasteiger partial charge in [-0.3, -0.25) is 0 Å². The Bertz CT molecular complexity index is 1920. The average molecular weight is 569 g/mol. The summed E-state index contributed by atoms with van der Waals surface area (Å²) >= 11 is 1.26. The van der Waals surface area contributed by atoms with Crippen LogP contribution in [0.3, 0.4) is 0 Å². The van der Waals surface area contributed by atoms with Crippen LogP contribution in [0, 0.1) is 28.8 Å². The fourth-order valence-electron chi connectivity index (χ4n) is 4.47. The molecule has 7 nitrogen and oxygen atoms in total. The number of halogens is 3. The van der Waals surface area contributed by atoms with Crippen LogP contribution < -0.4 is 4.74 Å². The van der Waals surface area contributed by atoms with E-state index in [0.29, 0.717) is 12.4 Å². The SMILES string of the molecule is N#Cc1ccc(COc2cccc(-c3cc(F)c(Cc4nc5ccccc5n4Cc4cnns4)cc3F)n2)c(F)c1. The Morgan fingerprint density at radius 2 is 1.73 bits per heavy atom. The Labute approximate surface area is 236 Å². The quantitative estimate of drug-likeness (QED) is 0.210. The maximum atomic E-state index is 15.4. The molecule has 0 aliphatic carbocycles. The van der Waals surface area contributed by atoms with Crippen molar-refractivity contribution in [3.8, 4) is 23.2 Å². The highest BCUT2D eigenvalue weighted by atomic mass is 32.1. The summed E-state index contributed by atoms with van der Waals surface area (Å²) in [4.78, 5) is 9.88. The van der Waals surface area contributed by atoms with Crippen molar-refractivity contribution in [2.45, 2.75) is 19.6 Å². The van der Waals surface area contributed by atoms with Crippen molar-refractivity contribution in [1.29, 1.82) is 5.26 Å². The molecule has 0 bridgehead atoms. The molecule has 3 aromatic heterocycles. The zero-order valence-corrected chi connectivity index (χ0v) is 22.1. The number of imidazole rings is 1. The van der Waals surface area contributed by atoms with Gasteiger partial charge in [0.25, 0.3) is 0 Å². The van der Waals surface area contributed by atoms with Gasteiger partial charge in [0.15, 0.2) is 0 Å². The van der Waals surface area contributed by atoms with Gasteiger partial charge in [-0.2, -0.15) is 5.26 Å². The standard InChI is InChI=1S/C30H19F3N6OS/c31-23-10-18(14-34)8-9-19(23)17-40-30-7-3-5-26(37-30)22-13-24(32)20(11-25(22)33)12-29-36-27-4-1-2-6-28(27)39(29)16-21-15-35-38-41-21/h1-11,13,15H,12,16-17H2. The van der Waals surface area contributed by atoms with Gasteiger partial charge in [0.2, 0.25) is 5.88 Å². The van der Waals surface area contributed by atoms with Gasteiger partial charge in [0, 0.05) is 23.6 Å². The van der Waals surface area contributed by atoms with Gasteiger partial charge in [0.1, 0.15) is 29.9 Å². The van der Waals surface area contributed by atoms with Crippen LogP contribution in [0.25, 0.3) is 22.3 Å². The second-order valence-electron chi connectivity index (χ2n) is 9.15. The van der Waals surface area contributed by atoms with Gasteiger partial charge in [-0.1, -0.05) is 28.8 Å². The number of aromatic nitrogens is 5. The smallest absolute Gasteiger partial charge is 0.214 e. The molecule has 6 rings (SSSR count). The third-order valence-electron chi connectivity index (χ3n) is 6.50. The predicted molar refractivity (Wildman–Crippen MR) is 147 cm³/mol. The van der Waals surface area contributed by atoms with E-state index in [-0.39, 0.29) is 46.9 Å². The van der Waals surface area contributed by atoms with Gasteiger partial charge in [-0.25, -0.2) is 23.1 Å². The molecule has 0 saturated heterocycles. The average Bonchev–Trinajstić information content (AvgIpc) is 3.62. The molecule has 11 heteroatoms. The van der Waals surface area contributed by atoms with Crippen LogP contribution in [0.5, 0.6) is 5.88 Å². The molecule has 0 amide bonds. The molecule has 6 aromatic rings. The number of fused-ring (bicyclic) bond motifs is 1. The number of nitriles is 1. The lowest BCUT2D eigenvalue weighted by atomic mass is 10.0. The molecule has 202 valence electrons. The van der Waals surface area contributed by atoms with Crippen LogP contribution in [0.2, 0.25) is 0 Å². The second-order valence-corrected chi connectivity index (χ2v) is 10.0. The molecule has 0 atom stereocenters. The fraction of sp³-hybridized carbons (Fsp3) is 0.100. The largest absolute Gasteiger partial charge is 0.473 e. The molecule has 3 heterocycles. The molecule has 0 fully saturated rings. The van der Waals surface area contributed by atoms with Crippen LogP contribution in [0.1, 0.15) is 27.4 Å². The van der Waals surface area contributed by atoms with E-state index in [0.717, 1.165) is 34.1 Å². The number of para-hydroxylation sites is 2. The summed E-state index contributed by atoms with van der Waals surface area (Å²) in [5.74, 6) is -1.15. The van der Waals surface area contributed by atoms with Crippen LogP contribution >= 0.6 is 11.5 Å². The summed E-state index contributed by atoms with van der Waals surface area (Å²) < 4.78 is 56.4. The third-order valence-corrected chi connectivity index (χ3v) is 7.14. The molecular formula is C30H19F3N6OS. The van der Waals surface area contributed by atoms with Crippen LogP contribution in [0.4, 0.5) is 13.2 Å². The van der Waals surface area contributed by atoms with E-state index in [9.17, 15) is 4.39 Å². The summed E-state index contributed by atoms with van der Waals surface area (Å²) in [6.45, 7) is 0.307. The van der Waals surface area contributed by atoms with Crippen molar-refractivity contribution in [2.75, 3.05) is 0 Å². The number of pyridine rings is 1. The summed E-state index contributed by atoms with van der Waals surface area (Å²) in [5, 5.41) is 12.8. The first kappa shape index (κ1) is 26.2. The van der Waals surface area contributed by atoms with E-state index in [4.69, 9.17) is 10.00 Å². The fourth-order valence-corrected chi connectivity index (χ4v) is 4.95. The van der Waals surface area contributed by atoms with Crippen molar-refractivity contribution in [3.05, 3.63) is 124 Å². The molecule has 3 aromatic carbocycles. The molecule has 41 heavy (non-hydrogen) atoms. The minimum absolute atomic E-state index is 0.0366. The lowest BCUT2D eigenvalue weighted by molar-refractivity contribution is 0.288. The summed E-state index contributed by atoms with van der Waals surface area (Å²) in [5.41, 5.74) is 2.32. The van der Waals surface area contributed by atoms with Crippen LogP contribution in [-0.2, 0) is 19.6 Å².